The molecule has 1 aromatic carbocycles. The molecule has 1 unspecified atom stereocenters. The summed E-state index contributed by atoms with van der Waals surface area (Å²) in [5.41, 5.74) is 2.52. The lowest BCUT2D eigenvalue weighted by Crippen LogP contribution is -2.40. The van der Waals surface area contributed by atoms with Crippen LogP contribution < -0.4 is 5.32 Å². The summed E-state index contributed by atoms with van der Waals surface area (Å²) in [5, 5.41) is 7.70. The maximum atomic E-state index is 5.92. The average Bonchev–Trinajstić information content (AvgIpc) is 3.32. The minimum Gasteiger partial charge on any atom is -0.376 e. The van der Waals surface area contributed by atoms with E-state index in [4.69, 9.17) is 9.73 Å². The van der Waals surface area contributed by atoms with E-state index in [2.05, 4.69) is 58.2 Å². The lowest BCUT2D eigenvalue weighted by molar-refractivity contribution is 0.0906. The molecule has 4 nitrogen and oxygen atoms in total. The van der Waals surface area contributed by atoms with Crippen molar-refractivity contribution in [2.24, 2.45) is 10.9 Å². The summed E-state index contributed by atoms with van der Waals surface area (Å²) in [6, 6.07) is 12.5. The molecule has 0 amide bonds. The van der Waals surface area contributed by atoms with Crippen LogP contribution in [0.25, 0.3) is 0 Å². The van der Waals surface area contributed by atoms with Crippen molar-refractivity contribution in [3.63, 3.8) is 0 Å². The second-order valence-electron chi connectivity index (χ2n) is 6.40. The van der Waals surface area contributed by atoms with Crippen LogP contribution in [0.4, 0.5) is 0 Å². The molecule has 2 aromatic rings. The number of benzene rings is 1. The summed E-state index contributed by atoms with van der Waals surface area (Å²) >= 11 is 1.72. The first-order valence-corrected chi connectivity index (χ1v) is 9.95. The zero-order chi connectivity index (χ0) is 17.3. The lowest BCUT2D eigenvalue weighted by Gasteiger charge is -2.21. The second-order valence-corrected chi connectivity index (χ2v) is 7.18. The first kappa shape index (κ1) is 21.2. The molecule has 6 heteroatoms. The number of thiophene rings is 1. The molecule has 0 bridgehead atoms. The molecular weight excluding hydrogens is 457 g/mol. The zero-order valence-corrected chi connectivity index (χ0v) is 18.4. The maximum Gasteiger partial charge on any atom is 0.194 e. The standard InChI is InChI=1S/C20H27N3OS.HI/c1-2-21-20(22-12-18-9-11-25-16-18)23-10-8-19(13-23)15-24-14-17-6-4-3-5-7-17;/h3-7,9,11,16,19H,2,8,10,12-15H2,1H3,(H,21,22);1H. The smallest absolute Gasteiger partial charge is 0.194 e. The molecule has 26 heavy (non-hydrogen) atoms. The van der Waals surface area contributed by atoms with Crippen molar-refractivity contribution in [3.05, 3.63) is 58.3 Å². The van der Waals surface area contributed by atoms with Crippen LogP contribution in [0.3, 0.4) is 0 Å². The van der Waals surface area contributed by atoms with Crippen molar-refractivity contribution < 1.29 is 4.74 Å². The molecule has 0 spiro atoms. The van der Waals surface area contributed by atoms with Gasteiger partial charge in [0, 0.05) is 25.6 Å². The molecule has 1 atom stereocenters. The van der Waals surface area contributed by atoms with E-state index in [1.165, 1.54) is 11.1 Å². The van der Waals surface area contributed by atoms with Gasteiger partial charge in [-0.05, 0) is 41.3 Å². The number of nitrogens with one attached hydrogen (secondary N) is 1. The molecule has 0 radical (unpaired) electrons. The molecule has 1 N–H and O–H groups in total. The number of nitrogens with zero attached hydrogens (tertiary/aromatic N) is 2. The molecule has 142 valence electrons. The molecule has 1 aliphatic rings. The van der Waals surface area contributed by atoms with Crippen LogP contribution in [0, 0.1) is 5.92 Å². The largest absolute Gasteiger partial charge is 0.376 e. The quantitative estimate of drug-likeness (QED) is 0.360. The summed E-state index contributed by atoms with van der Waals surface area (Å²) < 4.78 is 5.92. The van der Waals surface area contributed by atoms with Crippen LogP contribution in [0.2, 0.25) is 0 Å². The number of ether oxygens (including phenoxy) is 1. The van der Waals surface area contributed by atoms with Gasteiger partial charge in [-0.1, -0.05) is 30.3 Å². The lowest BCUT2D eigenvalue weighted by atomic mass is 10.1. The number of aliphatic imine (C=N–C) groups is 1. The highest BCUT2D eigenvalue weighted by molar-refractivity contribution is 14.0. The Labute approximate surface area is 177 Å². The molecule has 2 heterocycles. The normalized spacial score (nSPS) is 17.2. The Morgan fingerprint density at radius 3 is 2.85 bits per heavy atom. The number of hydrogen-bond acceptors (Lipinski definition) is 3. The van der Waals surface area contributed by atoms with E-state index in [1.807, 2.05) is 6.07 Å². The number of hydrogen-bond donors (Lipinski definition) is 1. The van der Waals surface area contributed by atoms with Gasteiger partial charge >= 0.3 is 0 Å². The van der Waals surface area contributed by atoms with Gasteiger partial charge < -0.3 is 15.0 Å². The number of guanidine groups is 1. The third-order valence-corrected chi connectivity index (χ3v) is 5.11. The SMILES string of the molecule is CCNC(=NCc1ccsc1)N1CCC(COCc2ccccc2)C1.I. The number of halogens is 1. The molecule has 1 aliphatic heterocycles. The van der Waals surface area contributed by atoms with Crippen molar-refractivity contribution in [2.45, 2.75) is 26.5 Å². The third-order valence-electron chi connectivity index (χ3n) is 4.38. The molecule has 1 fully saturated rings. The van der Waals surface area contributed by atoms with E-state index in [0.29, 0.717) is 12.5 Å². The van der Waals surface area contributed by atoms with Gasteiger partial charge in [0.25, 0.3) is 0 Å². The van der Waals surface area contributed by atoms with E-state index in [1.54, 1.807) is 11.3 Å². The van der Waals surface area contributed by atoms with Crippen LogP contribution in [0.5, 0.6) is 0 Å². The van der Waals surface area contributed by atoms with Gasteiger partial charge in [0.15, 0.2) is 5.96 Å². The Morgan fingerprint density at radius 2 is 2.12 bits per heavy atom. The average molecular weight is 485 g/mol. The Bertz CT molecular complexity index is 648. The van der Waals surface area contributed by atoms with E-state index in [9.17, 15) is 0 Å². The summed E-state index contributed by atoms with van der Waals surface area (Å²) in [5.74, 6) is 1.60. The molecule has 0 aliphatic carbocycles. The molecule has 1 saturated heterocycles. The molecule has 1 aromatic heterocycles. The van der Waals surface area contributed by atoms with E-state index >= 15 is 0 Å². The van der Waals surface area contributed by atoms with Crippen molar-refractivity contribution >= 4 is 41.3 Å². The Hall–Kier alpha value is -1.12. The van der Waals surface area contributed by atoms with Crippen LogP contribution in [-0.2, 0) is 17.9 Å². The van der Waals surface area contributed by atoms with Crippen LogP contribution in [-0.4, -0.2) is 37.1 Å². The van der Waals surface area contributed by atoms with Gasteiger partial charge in [0.1, 0.15) is 0 Å². The first-order chi connectivity index (χ1) is 12.3. The van der Waals surface area contributed by atoms with Gasteiger partial charge in [-0.15, -0.1) is 24.0 Å². The van der Waals surface area contributed by atoms with Crippen molar-refractivity contribution in [2.75, 3.05) is 26.2 Å². The van der Waals surface area contributed by atoms with E-state index in [0.717, 1.165) is 45.2 Å². The fraction of sp³-hybridized carbons (Fsp3) is 0.450. The predicted molar refractivity (Wildman–Crippen MR) is 120 cm³/mol. The highest BCUT2D eigenvalue weighted by atomic mass is 127. The second kappa shape index (κ2) is 11.6. The third kappa shape index (κ3) is 6.55. The topological polar surface area (TPSA) is 36.9 Å². The monoisotopic (exact) mass is 485 g/mol. The predicted octanol–water partition coefficient (Wildman–Crippen LogP) is 4.37. The minimum absolute atomic E-state index is 0. The molecular formula is C20H28IN3OS. The van der Waals surface area contributed by atoms with Gasteiger partial charge in [-0.25, -0.2) is 4.99 Å². The fourth-order valence-corrected chi connectivity index (χ4v) is 3.71. The van der Waals surface area contributed by atoms with Crippen molar-refractivity contribution in [1.82, 2.24) is 10.2 Å². The highest BCUT2D eigenvalue weighted by Crippen LogP contribution is 2.18. The number of rotatable bonds is 7. The molecule has 3 rings (SSSR count). The van der Waals surface area contributed by atoms with Gasteiger partial charge in [0.05, 0.1) is 19.8 Å². The van der Waals surface area contributed by atoms with Crippen LogP contribution in [0.1, 0.15) is 24.5 Å². The summed E-state index contributed by atoms with van der Waals surface area (Å²) in [7, 11) is 0. The Kier molecular flexibility index (Phi) is 9.42. The Morgan fingerprint density at radius 1 is 1.27 bits per heavy atom. The summed E-state index contributed by atoms with van der Waals surface area (Å²) in [4.78, 5) is 7.17. The Balaban J connectivity index is 0.00000243. The fourth-order valence-electron chi connectivity index (χ4n) is 3.05. The summed E-state index contributed by atoms with van der Waals surface area (Å²) in [6.45, 7) is 7.35. The van der Waals surface area contributed by atoms with Crippen molar-refractivity contribution in [1.29, 1.82) is 0 Å². The number of likely N-dealkylation sites (tertiary alicyclic amines) is 1. The van der Waals surface area contributed by atoms with Gasteiger partial charge in [-0.2, -0.15) is 11.3 Å². The van der Waals surface area contributed by atoms with Crippen LogP contribution in [0.15, 0.2) is 52.2 Å². The minimum atomic E-state index is 0. The van der Waals surface area contributed by atoms with E-state index in [-0.39, 0.29) is 24.0 Å². The highest BCUT2D eigenvalue weighted by Gasteiger charge is 2.24. The maximum absolute atomic E-state index is 5.92. The van der Waals surface area contributed by atoms with Crippen molar-refractivity contribution in [3.8, 4) is 0 Å². The molecule has 0 saturated carbocycles. The zero-order valence-electron chi connectivity index (χ0n) is 15.3. The van der Waals surface area contributed by atoms with Gasteiger partial charge in [0.2, 0.25) is 0 Å². The van der Waals surface area contributed by atoms with Gasteiger partial charge in [-0.3, -0.25) is 0 Å². The first-order valence-electron chi connectivity index (χ1n) is 9.01. The van der Waals surface area contributed by atoms with Crippen LogP contribution >= 0.6 is 35.3 Å². The van der Waals surface area contributed by atoms with E-state index < -0.39 is 0 Å². The summed E-state index contributed by atoms with van der Waals surface area (Å²) in [6.07, 6.45) is 1.16.